The van der Waals surface area contributed by atoms with Crippen LogP contribution in [0.2, 0.25) is 0 Å². The molecule has 0 bridgehead atoms. The van der Waals surface area contributed by atoms with Crippen LogP contribution in [0.3, 0.4) is 0 Å². The number of aliphatic hydroxyl groups is 1. The number of likely N-dealkylation sites (tertiary alicyclic amines) is 1. The third kappa shape index (κ3) is 4.73. The minimum atomic E-state index is -0.782. The summed E-state index contributed by atoms with van der Waals surface area (Å²) in [5.74, 6) is 1.35. The van der Waals surface area contributed by atoms with Crippen molar-refractivity contribution in [3.8, 4) is 12.3 Å². The van der Waals surface area contributed by atoms with E-state index in [1.807, 2.05) is 0 Å². The number of benzene rings is 1. The Morgan fingerprint density at radius 1 is 1.36 bits per heavy atom. The van der Waals surface area contributed by atoms with E-state index in [4.69, 9.17) is 6.42 Å². The van der Waals surface area contributed by atoms with Gasteiger partial charge in [0.1, 0.15) is 11.9 Å². The largest absolute Gasteiger partial charge is 0.391 e. The molecule has 8 heteroatoms. The Hall–Kier alpha value is -2.79. The average Bonchev–Trinajstić information content (AvgIpc) is 3.33. The highest BCUT2D eigenvalue weighted by atomic mass is 19.1. The number of halogens is 1. The Kier molecular flexibility index (Phi) is 6.05. The minimum absolute atomic E-state index is 0.0577. The van der Waals surface area contributed by atoms with E-state index < -0.39 is 23.6 Å². The number of aliphatic hydroxyl groups excluding tert-OH is 1. The molecule has 1 saturated heterocycles. The average molecular weight is 386 g/mol. The van der Waals surface area contributed by atoms with Gasteiger partial charge in [-0.25, -0.2) is 4.39 Å². The lowest BCUT2D eigenvalue weighted by molar-refractivity contribution is -0.138. The summed E-state index contributed by atoms with van der Waals surface area (Å²) in [5.41, 5.74) is -0.227. The zero-order valence-corrected chi connectivity index (χ0v) is 15.5. The van der Waals surface area contributed by atoms with Gasteiger partial charge in [-0.15, -0.1) is 12.3 Å². The molecule has 0 aromatic heterocycles. The molecule has 1 aromatic rings. The van der Waals surface area contributed by atoms with Crippen LogP contribution in [-0.4, -0.2) is 52.7 Å². The molecule has 2 N–H and O–H groups in total. The molecule has 2 atom stereocenters. The number of terminal acetylenes is 1. The second-order valence-corrected chi connectivity index (χ2v) is 7.15. The second kappa shape index (κ2) is 8.48. The molecule has 2 aliphatic rings. The van der Waals surface area contributed by atoms with E-state index in [1.165, 1.54) is 17.0 Å². The van der Waals surface area contributed by atoms with Gasteiger partial charge in [-0.3, -0.25) is 9.59 Å². The molecule has 7 nitrogen and oxygen atoms in total. The Balaban J connectivity index is 1.54. The number of carbonyl (C=O) groups is 2. The van der Waals surface area contributed by atoms with Gasteiger partial charge in [-0.1, -0.05) is 18.2 Å². The van der Waals surface area contributed by atoms with Crippen LogP contribution in [0.1, 0.15) is 31.2 Å². The fourth-order valence-electron chi connectivity index (χ4n) is 3.42. The van der Waals surface area contributed by atoms with E-state index in [9.17, 15) is 19.1 Å². The number of nitrogens with one attached hydrogen (secondary N) is 1. The van der Waals surface area contributed by atoms with Gasteiger partial charge in [0.2, 0.25) is 11.8 Å². The first-order chi connectivity index (χ1) is 13.4. The highest BCUT2D eigenvalue weighted by Gasteiger charge is 2.41. The summed E-state index contributed by atoms with van der Waals surface area (Å²) in [4.78, 5) is 26.5. The van der Waals surface area contributed by atoms with Crippen LogP contribution in [0, 0.1) is 18.2 Å². The van der Waals surface area contributed by atoms with Crippen molar-refractivity contribution in [3.05, 3.63) is 35.6 Å². The van der Waals surface area contributed by atoms with E-state index in [0.29, 0.717) is 25.8 Å². The van der Waals surface area contributed by atoms with Gasteiger partial charge in [-0.05, 0) is 11.6 Å². The van der Waals surface area contributed by atoms with E-state index in [1.54, 1.807) is 12.1 Å². The van der Waals surface area contributed by atoms with E-state index in [2.05, 4.69) is 21.5 Å². The zero-order valence-electron chi connectivity index (χ0n) is 15.5. The van der Waals surface area contributed by atoms with E-state index >= 15 is 0 Å². The molecule has 1 aromatic carbocycles. The minimum Gasteiger partial charge on any atom is -0.391 e. The maximum absolute atomic E-state index is 13.8. The van der Waals surface area contributed by atoms with Crippen LogP contribution in [0.15, 0.2) is 34.5 Å². The van der Waals surface area contributed by atoms with Crippen LogP contribution in [0.25, 0.3) is 0 Å². The first-order valence-electron chi connectivity index (χ1n) is 9.30. The van der Waals surface area contributed by atoms with Gasteiger partial charge < -0.3 is 15.3 Å². The number of hydrogen-bond acceptors (Lipinski definition) is 5. The van der Waals surface area contributed by atoms with Gasteiger partial charge >= 0.3 is 0 Å². The van der Waals surface area contributed by atoms with Crippen molar-refractivity contribution in [2.45, 2.75) is 49.9 Å². The zero-order chi connectivity index (χ0) is 20.1. The molecule has 0 spiro atoms. The quantitative estimate of drug-likeness (QED) is 0.662. The van der Waals surface area contributed by atoms with Crippen molar-refractivity contribution in [2.75, 3.05) is 13.1 Å². The maximum Gasteiger partial charge on any atom is 0.242 e. The number of amides is 2. The highest BCUT2D eigenvalue weighted by molar-refractivity contribution is 5.89. The maximum atomic E-state index is 13.8. The number of carbonyl (C=O) groups excluding carboxylic acids is 2. The Morgan fingerprint density at radius 3 is 2.79 bits per heavy atom. The van der Waals surface area contributed by atoms with Crippen molar-refractivity contribution in [1.29, 1.82) is 0 Å². The monoisotopic (exact) mass is 386 g/mol. The molecule has 1 fully saturated rings. The molecule has 2 amide bonds. The highest BCUT2D eigenvalue weighted by Crippen LogP contribution is 2.36. The van der Waals surface area contributed by atoms with Crippen LogP contribution < -0.4 is 5.32 Å². The Morgan fingerprint density at radius 2 is 2.11 bits per heavy atom. The van der Waals surface area contributed by atoms with Gasteiger partial charge in [0.15, 0.2) is 5.66 Å². The van der Waals surface area contributed by atoms with Gasteiger partial charge in [0.05, 0.1) is 12.5 Å². The van der Waals surface area contributed by atoms with Crippen LogP contribution in [0.4, 0.5) is 4.39 Å². The number of β-amino-alcohol motifs (C(OH)–C–C–N with tert-alkyl or cyclic N) is 1. The lowest BCUT2D eigenvalue weighted by Gasteiger charge is -2.24. The van der Waals surface area contributed by atoms with E-state index in [0.717, 1.165) is 0 Å². The van der Waals surface area contributed by atoms with Crippen molar-refractivity contribution in [3.63, 3.8) is 0 Å². The first-order valence-corrected chi connectivity index (χ1v) is 9.30. The summed E-state index contributed by atoms with van der Waals surface area (Å²) >= 11 is 0. The fraction of sp³-hybridized carbons (Fsp3) is 0.500. The molecule has 28 heavy (non-hydrogen) atoms. The SMILES string of the molecule is C#CCCC1(CCNC(=O)C2CC(O)CN2C(=O)Cc2ccccc2F)N=N1. The van der Waals surface area contributed by atoms with Gasteiger partial charge in [-0.2, -0.15) is 10.2 Å². The molecule has 2 unspecified atom stereocenters. The predicted molar refractivity (Wildman–Crippen MR) is 99.5 cm³/mol. The standard InChI is InChI=1S/C20H23FN4O3/c1-2-3-8-20(23-24-20)9-10-22-19(28)17-12-15(26)13-25(17)18(27)11-14-6-4-5-7-16(14)21/h1,4-7,15,17,26H,3,8-13H2,(H,22,28). The van der Waals surface area contributed by atoms with Crippen LogP contribution in [-0.2, 0) is 16.0 Å². The summed E-state index contributed by atoms with van der Waals surface area (Å²) in [6, 6.07) is 5.25. The second-order valence-electron chi connectivity index (χ2n) is 7.15. The Labute approximate surface area is 163 Å². The molecule has 0 aliphatic carbocycles. The summed E-state index contributed by atoms with van der Waals surface area (Å²) in [6.45, 7) is 0.403. The topological polar surface area (TPSA) is 94.4 Å². The number of hydrogen-bond donors (Lipinski definition) is 2. The Bertz CT molecular complexity index is 814. The van der Waals surface area contributed by atoms with Gasteiger partial charge in [0, 0.05) is 38.8 Å². The van der Waals surface area contributed by atoms with Crippen LogP contribution in [0.5, 0.6) is 0 Å². The smallest absolute Gasteiger partial charge is 0.242 e. The molecular formula is C20H23FN4O3. The summed E-state index contributed by atoms with van der Waals surface area (Å²) in [6.07, 6.45) is 6.23. The third-order valence-corrected chi connectivity index (χ3v) is 5.08. The van der Waals surface area contributed by atoms with Crippen molar-refractivity contribution >= 4 is 11.8 Å². The molecule has 2 heterocycles. The molecular weight excluding hydrogens is 363 g/mol. The van der Waals surface area contributed by atoms with Crippen molar-refractivity contribution in [2.24, 2.45) is 10.2 Å². The third-order valence-electron chi connectivity index (χ3n) is 5.08. The molecule has 3 rings (SSSR count). The molecule has 0 saturated carbocycles. The van der Waals surface area contributed by atoms with Crippen LogP contribution >= 0.6 is 0 Å². The lowest BCUT2D eigenvalue weighted by atomic mass is 10.0. The normalized spacial score (nSPS) is 22.0. The predicted octanol–water partition coefficient (Wildman–Crippen LogP) is 1.41. The first kappa shape index (κ1) is 20.0. The number of nitrogens with zero attached hydrogens (tertiary/aromatic N) is 3. The lowest BCUT2D eigenvalue weighted by Crippen LogP contribution is -2.47. The van der Waals surface area contributed by atoms with Gasteiger partial charge in [0.25, 0.3) is 0 Å². The van der Waals surface area contributed by atoms with E-state index in [-0.39, 0.29) is 36.8 Å². The summed E-state index contributed by atoms with van der Waals surface area (Å²) < 4.78 is 13.8. The number of rotatable bonds is 8. The molecule has 0 radical (unpaired) electrons. The summed E-state index contributed by atoms with van der Waals surface area (Å²) in [5, 5.41) is 20.8. The fourth-order valence-corrected chi connectivity index (χ4v) is 3.42. The molecule has 148 valence electrons. The summed E-state index contributed by atoms with van der Waals surface area (Å²) in [7, 11) is 0. The van der Waals surface area contributed by atoms with Crippen molar-refractivity contribution < 1.29 is 19.1 Å². The molecule has 2 aliphatic heterocycles. The van der Waals surface area contributed by atoms with Crippen molar-refractivity contribution in [1.82, 2.24) is 10.2 Å².